The number of nitrogens with zero attached hydrogens (tertiary/aromatic N) is 2. The summed E-state index contributed by atoms with van der Waals surface area (Å²) in [6.45, 7) is 2.92. The second-order valence-electron chi connectivity index (χ2n) is 8.49. The van der Waals surface area contributed by atoms with Crippen LogP contribution in [0.5, 0.6) is 0 Å². The fourth-order valence-electron chi connectivity index (χ4n) is 3.36. The van der Waals surface area contributed by atoms with Crippen molar-refractivity contribution in [3.63, 3.8) is 0 Å². The predicted molar refractivity (Wildman–Crippen MR) is 141 cm³/mol. The van der Waals surface area contributed by atoms with E-state index in [1.807, 2.05) is 6.92 Å². The van der Waals surface area contributed by atoms with Crippen LogP contribution in [0, 0.1) is 13.8 Å². The van der Waals surface area contributed by atoms with Gasteiger partial charge in [0, 0.05) is 31.4 Å². The molecule has 0 aromatic heterocycles. The topological polar surface area (TPSA) is 104 Å². The number of nitrogens with one attached hydrogen (secondary N) is 1. The standard InChI is InChI=1S/C25H28ClN3O5S2/c1-18-9-12-21(13-10-18)36(33,34)29(16-20-7-5-6-8-23(20)26)17-25(30)27-24-15-22(14-11-19(24)2)35(31,32)28(3)4/h5-15H,16-17H2,1-4H3,(H,27,30). The Morgan fingerprint density at radius 1 is 0.861 bits per heavy atom. The molecule has 0 fully saturated rings. The molecule has 3 rings (SSSR count). The van der Waals surface area contributed by atoms with Gasteiger partial charge >= 0.3 is 0 Å². The van der Waals surface area contributed by atoms with Crippen molar-refractivity contribution in [3.05, 3.63) is 88.4 Å². The summed E-state index contributed by atoms with van der Waals surface area (Å²) in [6, 6.07) is 17.5. The van der Waals surface area contributed by atoms with E-state index in [1.54, 1.807) is 49.4 Å². The van der Waals surface area contributed by atoms with Crippen molar-refractivity contribution in [2.75, 3.05) is 26.0 Å². The third-order valence-electron chi connectivity index (χ3n) is 5.54. The first-order valence-corrected chi connectivity index (χ1v) is 14.2. The van der Waals surface area contributed by atoms with Crippen LogP contribution in [0.3, 0.4) is 0 Å². The van der Waals surface area contributed by atoms with Crippen molar-refractivity contribution >= 4 is 43.2 Å². The third kappa shape index (κ3) is 6.32. The van der Waals surface area contributed by atoms with Gasteiger partial charge in [-0.3, -0.25) is 4.79 Å². The number of rotatable bonds is 9. The number of carbonyl (C=O) groups is 1. The van der Waals surface area contributed by atoms with Crippen molar-refractivity contribution in [1.29, 1.82) is 0 Å². The Balaban J connectivity index is 1.93. The summed E-state index contributed by atoms with van der Waals surface area (Å²) in [5, 5.41) is 3.04. The Morgan fingerprint density at radius 2 is 1.47 bits per heavy atom. The molecular weight excluding hydrogens is 522 g/mol. The largest absolute Gasteiger partial charge is 0.325 e. The van der Waals surface area contributed by atoms with Crippen molar-refractivity contribution < 1.29 is 21.6 Å². The number of hydrogen-bond donors (Lipinski definition) is 1. The molecule has 0 spiro atoms. The van der Waals surface area contributed by atoms with Gasteiger partial charge in [-0.25, -0.2) is 21.1 Å². The Kier molecular flexibility index (Phi) is 8.58. The second-order valence-corrected chi connectivity index (χ2v) is 13.0. The fraction of sp³-hybridized carbons (Fsp3) is 0.240. The van der Waals surface area contributed by atoms with Crippen LogP contribution < -0.4 is 5.32 Å². The minimum absolute atomic E-state index is 0.00796. The summed E-state index contributed by atoms with van der Waals surface area (Å²) in [5.74, 6) is -0.625. The highest BCUT2D eigenvalue weighted by atomic mass is 35.5. The average molecular weight is 550 g/mol. The number of sulfonamides is 2. The van der Waals surface area contributed by atoms with Crippen LogP contribution >= 0.6 is 11.6 Å². The molecular formula is C25H28ClN3O5S2. The van der Waals surface area contributed by atoms with Gasteiger partial charge in [-0.2, -0.15) is 4.31 Å². The van der Waals surface area contributed by atoms with Gasteiger partial charge in [-0.05, 0) is 55.3 Å². The maximum Gasteiger partial charge on any atom is 0.243 e. The van der Waals surface area contributed by atoms with Gasteiger partial charge < -0.3 is 5.32 Å². The van der Waals surface area contributed by atoms with E-state index in [9.17, 15) is 21.6 Å². The van der Waals surface area contributed by atoms with Crippen LogP contribution in [0.1, 0.15) is 16.7 Å². The van der Waals surface area contributed by atoms with Crippen LogP contribution in [0.25, 0.3) is 0 Å². The number of hydrogen-bond acceptors (Lipinski definition) is 5. The minimum atomic E-state index is -4.06. The summed E-state index contributed by atoms with van der Waals surface area (Å²) in [6.07, 6.45) is 0. The summed E-state index contributed by atoms with van der Waals surface area (Å²) < 4.78 is 54.1. The zero-order valence-electron chi connectivity index (χ0n) is 20.4. The van der Waals surface area contributed by atoms with Crippen LogP contribution in [0.4, 0.5) is 5.69 Å². The van der Waals surface area contributed by atoms with Crippen LogP contribution in [0.2, 0.25) is 5.02 Å². The van der Waals surface area contributed by atoms with Gasteiger partial charge in [-0.1, -0.05) is 53.6 Å². The lowest BCUT2D eigenvalue weighted by Crippen LogP contribution is -2.37. The molecule has 0 heterocycles. The molecule has 0 atom stereocenters. The first kappa shape index (κ1) is 27.8. The maximum absolute atomic E-state index is 13.5. The molecule has 1 amide bonds. The van der Waals surface area contributed by atoms with Gasteiger partial charge in [0.05, 0.1) is 16.3 Å². The van der Waals surface area contributed by atoms with Gasteiger partial charge in [-0.15, -0.1) is 0 Å². The fourth-order valence-corrected chi connectivity index (χ4v) is 5.86. The first-order valence-electron chi connectivity index (χ1n) is 11.0. The Morgan fingerprint density at radius 3 is 2.08 bits per heavy atom. The normalized spacial score (nSPS) is 12.2. The smallest absolute Gasteiger partial charge is 0.243 e. The second kappa shape index (κ2) is 11.1. The van der Waals surface area contributed by atoms with Crippen LogP contribution in [-0.2, 0) is 31.4 Å². The molecule has 0 saturated carbocycles. The molecule has 0 aliphatic rings. The molecule has 3 aromatic rings. The van der Waals surface area contributed by atoms with Crippen molar-refractivity contribution in [3.8, 4) is 0 Å². The molecule has 1 N–H and O–H groups in total. The van der Waals surface area contributed by atoms with E-state index >= 15 is 0 Å². The summed E-state index contributed by atoms with van der Waals surface area (Å²) >= 11 is 6.28. The number of anilines is 1. The van der Waals surface area contributed by atoms with E-state index < -0.39 is 32.5 Å². The van der Waals surface area contributed by atoms with E-state index in [2.05, 4.69) is 5.32 Å². The highest BCUT2D eigenvalue weighted by molar-refractivity contribution is 7.89. The minimum Gasteiger partial charge on any atom is -0.325 e. The molecule has 11 heteroatoms. The molecule has 192 valence electrons. The number of amides is 1. The first-order chi connectivity index (χ1) is 16.8. The Labute approximate surface area is 217 Å². The molecule has 0 aliphatic heterocycles. The van der Waals surface area contributed by atoms with Crippen molar-refractivity contribution in [1.82, 2.24) is 8.61 Å². The third-order valence-corrected chi connectivity index (χ3v) is 9.53. The lowest BCUT2D eigenvalue weighted by molar-refractivity contribution is -0.116. The lowest BCUT2D eigenvalue weighted by Gasteiger charge is -2.23. The van der Waals surface area contributed by atoms with Gasteiger partial charge in [0.25, 0.3) is 0 Å². The molecule has 36 heavy (non-hydrogen) atoms. The monoisotopic (exact) mass is 549 g/mol. The molecule has 0 bridgehead atoms. The van der Waals surface area contributed by atoms with E-state index in [4.69, 9.17) is 11.6 Å². The highest BCUT2D eigenvalue weighted by Crippen LogP contribution is 2.25. The molecule has 0 radical (unpaired) electrons. The van der Waals surface area contributed by atoms with E-state index in [0.29, 0.717) is 16.1 Å². The van der Waals surface area contributed by atoms with Crippen molar-refractivity contribution in [2.24, 2.45) is 0 Å². The van der Waals surface area contributed by atoms with E-state index in [1.165, 1.54) is 38.4 Å². The molecule has 3 aromatic carbocycles. The molecule has 0 unspecified atom stereocenters. The number of aryl methyl sites for hydroxylation is 2. The SMILES string of the molecule is Cc1ccc(S(=O)(=O)N(CC(=O)Nc2cc(S(=O)(=O)N(C)C)ccc2C)Cc2ccccc2Cl)cc1. The zero-order valence-corrected chi connectivity index (χ0v) is 22.8. The summed E-state index contributed by atoms with van der Waals surface area (Å²) in [5.41, 5.74) is 2.33. The molecule has 0 saturated heterocycles. The Bertz CT molecular complexity index is 1470. The molecule has 0 aliphatic carbocycles. The summed E-state index contributed by atoms with van der Waals surface area (Å²) in [7, 11) is -4.96. The average Bonchev–Trinajstić information content (AvgIpc) is 2.81. The van der Waals surface area contributed by atoms with E-state index in [0.717, 1.165) is 14.2 Å². The van der Waals surface area contributed by atoms with Crippen molar-refractivity contribution in [2.45, 2.75) is 30.2 Å². The molecule has 8 nitrogen and oxygen atoms in total. The van der Waals surface area contributed by atoms with Gasteiger partial charge in [0.1, 0.15) is 0 Å². The number of halogens is 1. The lowest BCUT2D eigenvalue weighted by atomic mass is 10.2. The number of carbonyl (C=O) groups excluding carboxylic acids is 1. The highest BCUT2D eigenvalue weighted by Gasteiger charge is 2.28. The maximum atomic E-state index is 13.5. The summed E-state index contributed by atoms with van der Waals surface area (Å²) in [4.78, 5) is 13.1. The van der Waals surface area contributed by atoms with Gasteiger partial charge in [0.2, 0.25) is 26.0 Å². The van der Waals surface area contributed by atoms with Crippen LogP contribution in [-0.4, -0.2) is 52.0 Å². The Hall–Kier alpha value is -2.76. The quantitative estimate of drug-likeness (QED) is 0.434. The number of benzene rings is 3. The van der Waals surface area contributed by atoms with Crippen LogP contribution in [0.15, 0.2) is 76.5 Å². The van der Waals surface area contributed by atoms with E-state index in [-0.39, 0.29) is 22.0 Å². The zero-order chi connectivity index (χ0) is 26.7. The van der Waals surface area contributed by atoms with Gasteiger partial charge in [0.15, 0.2) is 0 Å². The predicted octanol–water partition coefficient (Wildman–Crippen LogP) is 4.04.